The Morgan fingerprint density at radius 2 is 2.36 bits per heavy atom. The molecule has 1 unspecified atom stereocenters. The molecule has 14 heavy (non-hydrogen) atoms. The first kappa shape index (κ1) is 11.0. The molecule has 0 fully saturated rings. The van der Waals surface area contributed by atoms with Crippen LogP contribution in [0.5, 0.6) is 0 Å². The minimum atomic E-state index is -0.319. The van der Waals surface area contributed by atoms with Gasteiger partial charge in [0, 0.05) is 3.57 Å². The predicted octanol–water partition coefficient (Wildman–Crippen LogP) is 2.08. The van der Waals surface area contributed by atoms with E-state index in [9.17, 15) is 0 Å². The fraction of sp³-hybridized carbons (Fsp3) is 0.182. The summed E-state index contributed by atoms with van der Waals surface area (Å²) in [6.07, 6.45) is 5.12. The summed E-state index contributed by atoms with van der Waals surface area (Å²) in [6, 6.07) is 9.65. The van der Waals surface area contributed by atoms with E-state index in [0.29, 0.717) is 6.54 Å². The summed E-state index contributed by atoms with van der Waals surface area (Å²) in [5.41, 5.74) is 0.953. The fourth-order valence-electron chi connectivity index (χ4n) is 1.09. The number of terminal acetylenes is 1. The van der Waals surface area contributed by atoms with Gasteiger partial charge in [0.05, 0.1) is 12.6 Å². The molecule has 0 spiro atoms. The van der Waals surface area contributed by atoms with Gasteiger partial charge in [-0.3, -0.25) is 5.32 Å². The van der Waals surface area contributed by atoms with Crippen LogP contribution in [0, 0.1) is 27.2 Å². The van der Waals surface area contributed by atoms with Crippen LogP contribution in [0.15, 0.2) is 24.3 Å². The Kier molecular flexibility index (Phi) is 4.45. The van der Waals surface area contributed by atoms with E-state index in [1.807, 2.05) is 24.3 Å². The molecule has 3 heteroatoms. The Morgan fingerprint density at radius 1 is 1.57 bits per heavy atom. The maximum Gasteiger partial charge on any atom is 0.122 e. The first-order chi connectivity index (χ1) is 6.77. The number of nitrogens with one attached hydrogen (secondary N) is 1. The third kappa shape index (κ3) is 3.02. The molecule has 1 aromatic carbocycles. The average Bonchev–Trinajstić information content (AvgIpc) is 2.19. The van der Waals surface area contributed by atoms with E-state index in [1.165, 1.54) is 0 Å². The van der Waals surface area contributed by atoms with E-state index in [-0.39, 0.29) is 6.04 Å². The minimum absolute atomic E-state index is 0.319. The highest BCUT2D eigenvalue weighted by atomic mass is 127. The molecule has 0 aromatic heterocycles. The number of nitrogens with zero attached hydrogens (tertiary/aromatic N) is 1. The smallest absolute Gasteiger partial charge is 0.122 e. The van der Waals surface area contributed by atoms with Crippen molar-refractivity contribution < 1.29 is 0 Å². The van der Waals surface area contributed by atoms with Gasteiger partial charge in [0.25, 0.3) is 0 Å². The average molecular weight is 296 g/mol. The highest BCUT2D eigenvalue weighted by Crippen LogP contribution is 2.14. The zero-order chi connectivity index (χ0) is 10.4. The number of nitriles is 1. The van der Waals surface area contributed by atoms with Gasteiger partial charge in [-0.1, -0.05) is 18.1 Å². The van der Waals surface area contributed by atoms with Crippen molar-refractivity contribution in [2.75, 3.05) is 6.54 Å². The summed E-state index contributed by atoms with van der Waals surface area (Å²) in [7, 11) is 0. The van der Waals surface area contributed by atoms with Gasteiger partial charge in [-0.2, -0.15) is 5.26 Å². The topological polar surface area (TPSA) is 35.8 Å². The van der Waals surface area contributed by atoms with E-state index in [2.05, 4.69) is 39.9 Å². The number of rotatable bonds is 3. The Morgan fingerprint density at radius 3 is 2.93 bits per heavy atom. The van der Waals surface area contributed by atoms with Gasteiger partial charge in [0.1, 0.15) is 6.04 Å². The Labute approximate surface area is 97.5 Å². The standard InChI is InChI=1S/C11H9IN2/c1-2-6-14-11(8-13)9-4-3-5-10(12)7-9/h1,3-5,7,11,14H,6H2. The normalized spacial score (nSPS) is 11.4. The molecular weight excluding hydrogens is 287 g/mol. The van der Waals surface area contributed by atoms with Crippen molar-refractivity contribution in [3.63, 3.8) is 0 Å². The maximum absolute atomic E-state index is 8.91. The highest BCUT2D eigenvalue weighted by Gasteiger charge is 2.08. The van der Waals surface area contributed by atoms with Gasteiger partial charge in [-0.15, -0.1) is 6.42 Å². The van der Waals surface area contributed by atoms with Crippen LogP contribution in [0.1, 0.15) is 11.6 Å². The number of hydrogen-bond donors (Lipinski definition) is 1. The molecule has 1 rings (SSSR count). The van der Waals surface area contributed by atoms with Crippen LogP contribution in [-0.4, -0.2) is 6.54 Å². The Hall–Kier alpha value is -1.04. The quantitative estimate of drug-likeness (QED) is 0.685. The van der Waals surface area contributed by atoms with Crippen molar-refractivity contribution in [3.05, 3.63) is 33.4 Å². The van der Waals surface area contributed by atoms with E-state index < -0.39 is 0 Å². The first-order valence-corrected chi connectivity index (χ1v) is 5.17. The molecule has 1 aromatic rings. The molecule has 2 nitrogen and oxygen atoms in total. The summed E-state index contributed by atoms with van der Waals surface area (Å²) >= 11 is 2.22. The molecule has 0 saturated heterocycles. The summed E-state index contributed by atoms with van der Waals surface area (Å²) in [5, 5.41) is 11.9. The molecule has 0 heterocycles. The van der Waals surface area contributed by atoms with Gasteiger partial charge in [0.15, 0.2) is 0 Å². The molecule has 70 valence electrons. The molecule has 0 aliphatic heterocycles. The second-order valence-electron chi connectivity index (χ2n) is 2.70. The fourth-order valence-corrected chi connectivity index (χ4v) is 1.65. The first-order valence-electron chi connectivity index (χ1n) is 4.10. The largest absolute Gasteiger partial charge is 0.287 e. The third-order valence-electron chi connectivity index (χ3n) is 1.72. The summed E-state index contributed by atoms with van der Waals surface area (Å²) < 4.78 is 1.11. The van der Waals surface area contributed by atoms with Crippen LogP contribution < -0.4 is 5.32 Å². The molecular formula is C11H9IN2. The SMILES string of the molecule is C#CCNC(C#N)c1cccc(I)c1. The van der Waals surface area contributed by atoms with Crippen LogP contribution in [0.3, 0.4) is 0 Å². The molecule has 0 amide bonds. The van der Waals surface area contributed by atoms with Crippen molar-refractivity contribution in [2.24, 2.45) is 0 Å². The Balaban J connectivity index is 2.81. The van der Waals surface area contributed by atoms with Crippen LogP contribution in [0.25, 0.3) is 0 Å². The van der Waals surface area contributed by atoms with Crippen LogP contribution in [0.4, 0.5) is 0 Å². The lowest BCUT2D eigenvalue weighted by Crippen LogP contribution is -2.20. The van der Waals surface area contributed by atoms with E-state index in [0.717, 1.165) is 9.13 Å². The zero-order valence-electron chi connectivity index (χ0n) is 7.50. The summed E-state index contributed by atoms with van der Waals surface area (Å²) in [4.78, 5) is 0. The number of benzene rings is 1. The van der Waals surface area contributed by atoms with Gasteiger partial charge >= 0.3 is 0 Å². The monoisotopic (exact) mass is 296 g/mol. The number of halogens is 1. The van der Waals surface area contributed by atoms with Crippen molar-refractivity contribution in [1.82, 2.24) is 5.32 Å². The molecule has 0 aliphatic carbocycles. The van der Waals surface area contributed by atoms with Crippen molar-refractivity contribution >= 4 is 22.6 Å². The maximum atomic E-state index is 8.91. The lowest BCUT2D eigenvalue weighted by atomic mass is 10.1. The van der Waals surface area contributed by atoms with Crippen LogP contribution >= 0.6 is 22.6 Å². The lowest BCUT2D eigenvalue weighted by Gasteiger charge is -2.09. The highest BCUT2D eigenvalue weighted by molar-refractivity contribution is 14.1. The van der Waals surface area contributed by atoms with Gasteiger partial charge in [-0.25, -0.2) is 0 Å². The molecule has 0 bridgehead atoms. The minimum Gasteiger partial charge on any atom is -0.287 e. The van der Waals surface area contributed by atoms with Crippen molar-refractivity contribution in [2.45, 2.75) is 6.04 Å². The van der Waals surface area contributed by atoms with Gasteiger partial charge < -0.3 is 0 Å². The molecule has 1 N–H and O–H groups in total. The van der Waals surface area contributed by atoms with E-state index in [1.54, 1.807) is 0 Å². The predicted molar refractivity (Wildman–Crippen MR) is 64.3 cm³/mol. The van der Waals surface area contributed by atoms with Gasteiger partial charge in [-0.05, 0) is 40.3 Å². The second-order valence-corrected chi connectivity index (χ2v) is 3.95. The van der Waals surface area contributed by atoms with Gasteiger partial charge in [0.2, 0.25) is 0 Å². The second kappa shape index (κ2) is 5.64. The van der Waals surface area contributed by atoms with Crippen molar-refractivity contribution in [1.29, 1.82) is 5.26 Å². The summed E-state index contributed by atoms with van der Waals surface area (Å²) in [5.74, 6) is 2.45. The van der Waals surface area contributed by atoms with Crippen molar-refractivity contribution in [3.8, 4) is 18.4 Å². The zero-order valence-corrected chi connectivity index (χ0v) is 9.65. The Bertz CT molecular complexity index is 387. The van der Waals surface area contributed by atoms with Crippen LogP contribution in [-0.2, 0) is 0 Å². The third-order valence-corrected chi connectivity index (χ3v) is 2.39. The van der Waals surface area contributed by atoms with E-state index >= 15 is 0 Å². The lowest BCUT2D eigenvalue weighted by molar-refractivity contribution is 0.690. The molecule has 0 aliphatic rings. The van der Waals surface area contributed by atoms with Crippen LogP contribution in [0.2, 0.25) is 0 Å². The molecule has 0 radical (unpaired) electrons. The molecule has 1 atom stereocenters. The summed E-state index contributed by atoms with van der Waals surface area (Å²) in [6.45, 7) is 0.406. The molecule has 0 saturated carbocycles. The number of hydrogen-bond acceptors (Lipinski definition) is 2. The van der Waals surface area contributed by atoms with E-state index in [4.69, 9.17) is 11.7 Å².